The fourth-order valence-electron chi connectivity index (χ4n) is 1.65. The van der Waals surface area contributed by atoms with Gasteiger partial charge in [-0.05, 0) is 0 Å². The average molecular weight is 440 g/mol. The molecule has 0 aliphatic carbocycles. The number of aliphatic hydroxyl groups is 2. The van der Waals surface area contributed by atoms with Gasteiger partial charge >= 0.3 is 41.5 Å². The molecule has 0 saturated carbocycles. The number of aliphatic hydroxyl groups excluding tert-OH is 2. The summed E-state index contributed by atoms with van der Waals surface area (Å²) in [6, 6.07) is 0. The smallest absolute Gasteiger partial charge is 0.384 e. The van der Waals surface area contributed by atoms with Crippen molar-refractivity contribution in [1.29, 1.82) is 0 Å². The maximum atomic E-state index is 13.3. The molecule has 2 nitrogen and oxygen atoms in total. The summed E-state index contributed by atoms with van der Waals surface area (Å²) in [6.45, 7) is -4.07. The molecule has 0 aliphatic heterocycles. The Balaban J connectivity index is 6.44. The van der Waals surface area contributed by atoms with E-state index in [0.717, 1.165) is 0 Å². The van der Waals surface area contributed by atoms with Crippen molar-refractivity contribution in [2.24, 2.45) is 0 Å². The second-order valence-corrected chi connectivity index (χ2v) is 5.23. The molecule has 0 radical (unpaired) electrons. The van der Waals surface area contributed by atoms with Gasteiger partial charge in [0.15, 0.2) is 0 Å². The molecule has 0 aromatic heterocycles. The summed E-state index contributed by atoms with van der Waals surface area (Å²) >= 11 is 0. The third-order valence-corrected chi connectivity index (χ3v) is 3.35. The van der Waals surface area contributed by atoms with Crippen LogP contribution in [0, 0.1) is 0 Å². The van der Waals surface area contributed by atoms with Crippen LogP contribution in [0.4, 0.5) is 61.5 Å². The van der Waals surface area contributed by atoms with Crippen molar-refractivity contribution in [3.8, 4) is 0 Å². The number of hydrogen-bond donors (Lipinski definition) is 2. The van der Waals surface area contributed by atoms with Gasteiger partial charge in [0.05, 0.1) is 0 Å². The molecule has 0 aliphatic rings. The topological polar surface area (TPSA) is 40.5 Å². The Bertz CT molecular complexity index is 471. The van der Waals surface area contributed by atoms with Crippen LogP contribution in [-0.2, 0) is 0 Å². The number of rotatable bonds is 10. The molecule has 0 fully saturated rings. The van der Waals surface area contributed by atoms with E-state index in [1.807, 2.05) is 0 Å². The van der Waals surface area contributed by atoms with Crippen molar-refractivity contribution >= 4 is 0 Å². The van der Waals surface area contributed by atoms with E-state index in [2.05, 4.69) is 0 Å². The standard InChI is InChI=1S/C11H10F14O2/c12-5(13,1-3-26)7(16,17)9(20,21)11(24,25)10(22,23)8(18,19)6(14,15)2-4-27/h26-27H,1-4H2. The molecule has 0 bridgehead atoms. The van der Waals surface area contributed by atoms with Crippen LogP contribution in [-0.4, -0.2) is 64.9 Å². The summed E-state index contributed by atoms with van der Waals surface area (Å²) in [5.41, 5.74) is 0. The fraction of sp³-hybridized carbons (Fsp3) is 1.00. The first-order valence-corrected chi connectivity index (χ1v) is 6.49. The fourth-order valence-corrected chi connectivity index (χ4v) is 1.65. The molecule has 2 N–H and O–H groups in total. The van der Waals surface area contributed by atoms with Gasteiger partial charge in [-0.3, -0.25) is 0 Å². The lowest BCUT2D eigenvalue weighted by atomic mass is 9.88. The lowest BCUT2D eigenvalue weighted by Gasteiger charge is -2.42. The van der Waals surface area contributed by atoms with E-state index in [9.17, 15) is 61.5 Å². The molecule has 0 rings (SSSR count). The Morgan fingerprint density at radius 1 is 0.370 bits per heavy atom. The van der Waals surface area contributed by atoms with Crippen molar-refractivity contribution in [2.45, 2.75) is 54.3 Å². The molecule has 0 aromatic rings. The van der Waals surface area contributed by atoms with E-state index < -0.39 is 67.5 Å². The third-order valence-electron chi connectivity index (χ3n) is 3.35. The summed E-state index contributed by atoms with van der Waals surface area (Å²) in [5.74, 6) is -51.6. The van der Waals surface area contributed by atoms with Crippen LogP contribution in [0.25, 0.3) is 0 Å². The van der Waals surface area contributed by atoms with Gasteiger partial charge in [0.25, 0.3) is 0 Å². The maximum absolute atomic E-state index is 13.3. The zero-order valence-electron chi connectivity index (χ0n) is 12.5. The molecular weight excluding hydrogens is 430 g/mol. The lowest BCUT2D eigenvalue weighted by Crippen LogP contribution is -2.73. The Morgan fingerprint density at radius 2 is 0.556 bits per heavy atom. The molecule has 164 valence electrons. The van der Waals surface area contributed by atoms with Gasteiger partial charge < -0.3 is 10.2 Å². The second kappa shape index (κ2) is 7.08. The maximum Gasteiger partial charge on any atom is 0.384 e. The summed E-state index contributed by atoms with van der Waals surface area (Å²) in [5, 5.41) is 16.1. The summed E-state index contributed by atoms with van der Waals surface area (Å²) in [4.78, 5) is 0. The first-order chi connectivity index (χ1) is 11.6. The van der Waals surface area contributed by atoms with Gasteiger partial charge in [0.2, 0.25) is 0 Å². The van der Waals surface area contributed by atoms with Crippen molar-refractivity contribution in [1.82, 2.24) is 0 Å². The van der Waals surface area contributed by atoms with E-state index in [1.165, 1.54) is 0 Å². The third kappa shape index (κ3) is 3.53. The predicted molar refractivity (Wildman–Crippen MR) is 58.0 cm³/mol. The minimum absolute atomic E-state index is 2.04. The van der Waals surface area contributed by atoms with Crippen LogP contribution in [0.3, 0.4) is 0 Å². The number of halogens is 14. The van der Waals surface area contributed by atoms with Crippen molar-refractivity contribution < 1.29 is 71.7 Å². The minimum Gasteiger partial charge on any atom is -0.396 e. The van der Waals surface area contributed by atoms with Crippen molar-refractivity contribution in [3.05, 3.63) is 0 Å². The van der Waals surface area contributed by atoms with Crippen LogP contribution in [0.2, 0.25) is 0 Å². The SMILES string of the molecule is OCCC(F)(F)C(F)(F)C(F)(F)C(F)(F)C(F)(F)C(F)(F)C(F)(F)CCO. The largest absolute Gasteiger partial charge is 0.396 e. The predicted octanol–water partition coefficient (Wildman–Crippen LogP) is 4.20. The van der Waals surface area contributed by atoms with Crippen LogP contribution < -0.4 is 0 Å². The Kier molecular flexibility index (Phi) is 6.80. The highest BCUT2D eigenvalue weighted by Gasteiger charge is 2.92. The highest BCUT2D eigenvalue weighted by molar-refractivity contribution is 5.13. The van der Waals surface area contributed by atoms with Gasteiger partial charge in [0, 0.05) is 26.1 Å². The highest BCUT2D eigenvalue weighted by atomic mass is 19.4. The molecule has 0 saturated heterocycles. The lowest BCUT2D eigenvalue weighted by molar-refractivity contribution is -0.442. The first-order valence-electron chi connectivity index (χ1n) is 6.49. The van der Waals surface area contributed by atoms with Gasteiger partial charge in [-0.15, -0.1) is 0 Å². The first kappa shape index (κ1) is 25.9. The summed E-state index contributed by atoms with van der Waals surface area (Å²) < 4.78 is 184. The van der Waals surface area contributed by atoms with Crippen LogP contribution in [0.15, 0.2) is 0 Å². The van der Waals surface area contributed by atoms with Crippen LogP contribution in [0.1, 0.15) is 12.8 Å². The molecule has 16 heteroatoms. The Hall–Kier alpha value is -1.06. The molecule has 0 unspecified atom stereocenters. The van der Waals surface area contributed by atoms with E-state index in [1.54, 1.807) is 0 Å². The van der Waals surface area contributed by atoms with Crippen molar-refractivity contribution in [3.63, 3.8) is 0 Å². The van der Waals surface area contributed by atoms with Gasteiger partial charge in [-0.2, -0.15) is 61.5 Å². The Labute approximate surface area is 140 Å². The van der Waals surface area contributed by atoms with Gasteiger partial charge in [0.1, 0.15) is 0 Å². The van der Waals surface area contributed by atoms with Crippen LogP contribution >= 0.6 is 0 Å². The monoisotopic (exact) mass is 440 g/mol. The normalized spacial score (nSPS) is 16.0. The van der Waals surface area contributed by atoms with E-state index >= 15 is 0 Å². The minimum atomic E-state index is -8.12. The molecule has 0 spiro atoms. The molecular formula is C11H10F14O2. The highest BCUT2D eigenvalue weighted by Crippen LogP contribution is 2.62. The zero-order valence-corrected chi connectivity index (χ0v) is 12.5. The van der Waals surface area contributed by atoms with Crippen LogP contribution in [0.5, 0.6) is 0 Å². The second-order valence-electron chi connectivity index (χ2n) is 5.23. The van der Waals surface area contributed by atoms with E-state index in [0.29, 0.717) is 0 Å². The molecule has 0 heterocycles. The zero-order chi connectivity index (χ0) is 22.3. The quantitative estimate of drug-likeness (QED) is 0.501. The summed E-state index contributed by atoms with van der Waals surface area (Å²) in [7, 11) is 0. The van der Waals surface area contributed by atoms with Gasteiger partial charge in [-0.25, -0.2) is 0 Å². The summed E-state index contributed by atoms with van der Waals surface area (Å²) in [6.07, 6.45) is -5.34. The van der Waals surface area contributed by atoms with E-state index in [4.69, 9.17) is 10.2 Å². The number of hydrogen-bond acceptors (Lipinski definition) is 2. The van der Waals surface area contributed by atoms with Crippen molar-refractivity contribution in [2.75, 3.05) is 13.2 Å². The molecule has 0 amide bonds. The molecule has 0 aromatic carbocycles. The Morgan fingerprint density at radius 3 is 0.741 bits per heavy atom. The van der Waals surface area contributed by atoms with Gasteiger partial charge in [-0.1, -0.05) is 0 Å². The van der Waals surface area contributed by atoms with E-state index in [-0.39, 0.29) is 0 Å². The number of alkyl halides is 14. The molecule has 0 atom stereocenters. The average Bonchev–Trinajstić information content (AvgIpc) is 2.45. The molecule has 27 heavy (non-hydrogen) atoms.